The van der Waals surface area contributed by atoms with Gasteiger partial charge in [-0.25, -0.2) is 17.8 Å². The summed E-state index contributed by atoms with van der Waals surface area (Å²) < 4.78 is 36.3. The molecule has 22 heavy (non-hydrogen) atoms. The molecule has 0 aliphatic carbocycles. The van der Waals surface area contributed by atoms with Crippen LogP contribution in [0.15, 0.2) is 29.6 Å². The summed E-state index contributed by atoms with van der Waals surface area (Å²) in [6.07, 6.45) is 0. The van der Waals surface area contributed by atoms with E-state index in [0.717, 1.165) is 11.3 Å². The fourth-order valence-corrected chi connectivity index (χ4v) is 3.22. The Kier molecular flexibility index (Phi) is 5.25. The molecule has 0 saturated carbocycles. The van der Waals surface area contributed by atoms with Crippen LogP contribution in [0.1, 0.15) is 17.4 Å². The maximum absolute atomic E-state index is 13.7. The zero-order chi connectivity index (χ0) is 16.2. The second-order valence-corrected chi connectivity index (χ2v) is 7.84. The van der Waals surface area contributed by atoms with Crippen LogP contribution in [0.3, 0.4) is 0 Å². The summed E-state index contributed by atoms with van der Waals surface area (Å²) in [6.45, 7) is 1.58. The number of thiazole rings is 1. The van der Waals surface area contributed by atoms with Crippen molar-refractivity contribution in [1.82, 2.24) is 10.3 Å². The molecule has 8 heteroatoms. The number of rotatable bonds is 6. The van der Waals surface area contributed by atoms with Crippen LogP contribution < -0.4 is 5.32 Å². The minimum atomic E-state index is -3.12. The van der Waals surface area contributed by atoms with Gasteiger partial charge in [-0.05, 0) is 12.1 Å². The van der Waals surface area contributed by atoms with E-state index in [1.807, 2.05) is 0 Å². The molecule has 0 aliphatic heterocycles. The topological polar surface area (TPSA) is 76.1 Å². The van der Waals surface area contributed by atoms with Crippen LogP contribution in [0.2, 0.25) is 0 Å². The van der Waals surface area contributed by atoms with E-state index < -0.39 is 21.6 Å². The van der Waals surface area contributed by atoms with Gasteiger partial charge in [0.1, 0.15) is 16.5 Å². The number of aromatic nitrogens is 1. The number of amides is 1. The lowest BCUT2D eigenvalue weighted by Crippen LogP contribution is -2.29. The van der Waals surface area contributed by atoms with E-state index in [0.29, 0.717) is 10.6 Å². The Morgan fingerprint density at radius 3 is 2.77 bits per heavy atom. The lowest BCUT2D eigenvalue weighted by Gasteiger charge is -2.03. The highest BCUT2D eigenvalue weighted by molar-refractivity contribution is 7.91. The van der Waals surface area contributed by atoms with Crippen LogP contribution in [0.25, 0.3) is 10.6 Å². The summed E-state index contributed by atoms with van der Waals surface area (Å²) in [7, 11) is -3.12. The molecule has 2 rings (SSSR count). The first kappa shape index (κ1) is 16.6. The maximum Gasteiger partial charge on any atom is 0.270 e. The highest BCUT2D eigenvalue weighted by Crippen LogP contribution is 2.25. The van der Waals surface area contributed by atoms with Crippen molar-refractivity contribution in [2.24, 2.45) is 0 Å². The van der Waals surface area contributed by atoms with E-state index in [1.165, 1.54) is 11.4 Å². The van der Waals surface area contributed by atoms with Gasteiger partial charge in [0.2, 0.25) is 0 Å². The van der Waals surface area contributed by atoms with Crippen molar-refractivity contribution in [3.63, 3.8) is 0 Å². The molecule has 0 saturated heterocycles. The Balaban J connectivity index is 2.03. The standard InChI is InChI=1S/C14H15FN2O3S2/c1-2-22(19,20)8-7-16-13(18)12-9-21-14(17-12)10-5-3-4-6-11(10)15/h3-6,9H,2,7-8H2,1H3,(H,16,18). The minimum absolute atomic E-state index is 0.0293. The number of nitrogens with zero attached hydrogens (tertiary/aromatic N) is 1. The normalized spacial score (nSPS) is 11.4. The Bertz CT molecular complexity index is 772. The van der Waals surface area contributed by atoms with E-state index in [1.54, 1.807) is 25.1 Å². The number of hydrogen-bond donors (Lipinski definition) is 1. The summed E-state index contributed by atoms with van der Waals surface area (Å²) in [4.78, 5) is 16.0. The van der Waals surface area contributed by atoms with Gasteiger partial charge >= 0.3 is 0 Å². The van der Waals surface area contributed by atoms with E-state index in [-0.39, 0.29) is 23.7 Å². The van der Waals surface area contributed by atoms with Crippen molar-refractivity contribution in [3.05, 3.63) is 41.2 Å². The van der Waals surface area contributed by atoms with Gasteiger partial charge in [0, 0.05) is 23.2 Å². The van der Waals surface area contributed by atoms with Gasteiger partial charge in [-0.2, -0.15) is 0 Å². The van der Waals surface area contributed by atoms with E-state index in [2.05, 4.69) is 10.3 Å². The Morgan fingerprint density at radius 1 is 1.36 bits per heavy atom. The molecule has 0 unspecified atom stereocenters. The molecule has 1 heterocycles. The summed E-state index contributed by atoms with van der Waals surface area (Å²) in [5.41, 5.74) is 0.484. The van der Waals surface area contributed by atoms with Gasteiger partial charge in [0.15, 0.2) is 9.84 Å². The number of benzene rings is 1. The van der Waals surface area contributed by atoms with Crippen molar-refractivity contribution < 1.29 is 17.6 Å². The third-order valence-electron chi connectivity index (χ3n) is 2.98. The monoisotopic (exact) mass is 342 g/mol. The molecule has 2 aromatic rings. The number of hydrogen-bond acceptors (Lipinski definition) is 5. The van der Waals surface area contributed by atoms with Gasteiger partial charge in [-0.15, -0.1) is 11.3 Å². The molecule has 1 N–H and O–H groups in total. The predicted molar refractivity (Wildman–Crippen MR) is 84.2 cm³/mol. The number of carbonyl (C=O) groups excluding carboxylic acids is 1. The second kappa shape index (κ2) is 6.97. The minimum Gasteiger partial charge on any atom is -0.350 e. The smallest absolute Gasteiger partial charge is 0.270 e. The summed E-state index contributed by atoms with van der Waals surface area (Å²) >= 11 is 1.16. The van der Waals surface area contributed by atoms with Gasteiger partial charge < -0.3 is 5.32 Å². The predicted octanol–water partition coefficient (Wildman–Crippen LogP) is 2.11. The molecule has 0 aliphatic rings. The fourth-order valence-electron chi connectivity index (χ4n) is 1.69. The van der Waals surface area contributed by atoms with Crippen molar-refractivity contribution in [2.45, 2.75) is 6.92 Å². The quantitative estimate of drug-likeness (QED) is 0.872. The van der Waals surface area contributed by atoms with Crippen LogP contribution >= 0.6 is 11.3 Å². The van der Waals surface area contributed by atoms with Crippen molar-refractivity contribution >= 4 is 27.1 Å². The Morgan fingerprint density at radius 2 is 2.09 bits per heavy atom. The van der Waals surface area contributed by atoms with Gasteiger partial charge in [-0.1, -0.05) is 19.1 Å². The van der Waals surface area contributed by atoms with E-state index in [9.17, 15) is 17.6 Å². The zero-order valence-electron chi connectivity index (χ0n) is 11.9. The molecule has 0 bridgehead atoms. The van der Waals surface area contributed by atoms with Crippen molar-refractivity contribution in [3.8, 4) is 10.6 Å². The highest BCUT2D eigenvalue weighted by atomic mass is 32.2. The van der Waals surface area contributed by atoms with Gasteiger partial charge in [0.25, 0.3) is 5.91 Å². The van der Waals surface area contributed by atoms with Crippen LogP contribution in [-0.4, -0.2) is 37.4 Å². The average Bonchev–Trinajstić information content (AvgIpc) is 2.97. The number of halogens is 1. The molecule has 5 nitrogen and oxygen atoms in total. The Labute approximate surface area is 132 Å². The summed E-state index contributed by atoms with van der Waals surface area (Å²) in [5, 5.41) is 4.43. The summed E-state index contributed by atoms with van der Waals surface area (Å²) in [6, 6.07) is 6.18. The van der Waals surface area contributed by atoms with Crippen molar-refractivity contribution in [2.75, 3.05) is 18.1 Å². The van der Waals surface area contributed by atoms with Crippen molar-refractivity contribution in [1.29, 1.82) is 0 Å². The molecular formula is C14H15FN2O3S2. The van der Waals surface area contributed by atoms with Crippen LogP contribution in [0.5, 0.6) is 0 Å². The molecular weight excluding hydrogens is 327 g/mol. The molecule has 0 spiro atoms. The third-order valence-corrected chi connectivity index (χ3v) is 5.56. The lowest BCUT2D eigenvalue weighted by molar-refractivity contribution is 0.0952. The molecule has 118 valence electrons. The Hall–Kier alpha value is -1.80. The maximum atomic E-state index is 13.7. The van der Waals surface area contributed by atoms with Crippen LogP contribution in [0.4, 0.5) is 4.39 Å². The first-order chi connectivity index (χ1) is 10.4. The number of carbonyl (C=O) groups is 1. The lowest BCUT2D eigenvalue weighted by atomic mass is 10.2. The largest absolute Gasteiger partial charge is 0.350 e. The number of sulfone groups is 1. The first-order valence-corrected chi connectivity index (χ1v) is 9.32. The highest BCUT2D eigenvalue weighted by Gasteiger charge is 2.14. The van der Waals surface area contributed by atoms with E-state index >= 15 is 0 Å². The third kappa shape index (κ3) is 4.11. The van der Waals surface area contributed by atoms with Crippen LogP contribution in [0, 0.1) is 5.82 Å². The van der Waals surface area contributed by atoms with Gasteiger partial charge in [0.05, 0.1) is 5.75 Å². The molecule has 1 aromatic heterocycles. The van der Waals surface area contributed by atoms with Crippen LogP contribution in [-0.2, 0) is 9.84 Å². The zero-order valence-corrected chi connectivity index (χ0v) is 13.5. The van der Waals surface area contributed by atoms with E-state index in [4.69, 9.17) is 0 Å². The van der Waals surface area contributed by atoms with Gasteiger partial charge in [-0.3, -0.25) is 4.79 Å². The molecule has 0 fully saturated rings. The SMILES string of the molecule is CCS(=O)(=O)CCNC(=O)c1csc(-c2ccccc2F)n1. The molecule has 1 aromatic carbocycles. The number of nitrogens with one attached hydrogen (secondary N) is 1. The summed E-state index contributed by atoms with van der Waals surface area (Å²) in [5.74, 6) is -0.945. The molecule has 0 radical (unpaired) electrons. The molecule has 1 amide bonds. The fraction of sp³-hybridized carbons (Fsp3) is 0.286. The average molecular weight is 342 g/mol. The molecule has 0 atom stereocenters. The second-order valence-electron chi connectivity index (χ2n) is 4.51. The first-order valence-electron chi connectivity index (χ1n) is 6.62.